The van der Waals surface area contributed by atoms with Gasteiger partial charge in [0, 0.05) is 12.2 Å². The molecular weight excluding hydrogens is 118 g/mol. The Balaban J connectivity index is 2.68. The van der Waals surface area contributed by atoms with Crippen LogP contribution in [0.25, 0.3) is 0 Å². The summed E-state index contributed by atoms with van der Waals surface area (Å²) in [5, 5.41) is 0. The minimum Gasteiger partial charge on any atom is -0.211 e. The molecule has 0 aliphatic carbocycles. The standard InChI is InChI=1S/C4H7F2S/c5-4(6)2-1-3-7/h4H,1-3H2. The molecule has 0 unspecified atom stereocenters. The van der Waals surface area contributed by atoms with Crippen LogP contribution in [0.4, 0.5) is 8.78 Å². The fourth-order valence-electron chi connectivity index (χ4n) is 0.238. The molecule has 7 heavy (non-hydrogen) atoms. The third-order valence-corrected chi connectivity index (χ3v) is 0.855. The molecule has 0 aliphatic rings. The first-order valence-corrected chi connectivity index (χ1v) is 2.71. The molecule has 0 N–H and O–H groups in total. The Kier molecular flexibility index (Phi) is 4.50. The molecule has 0 spiro atoms. The zero-order chi connectivity index (χ0) is 5.70. The van der Waals surface area contributed by atoms with Crippen molar-refractivity contribution in [3.63, 3.8) is 0 Å². The van der Waals surface area contributed by atoms with Crippen molar-refractivity contribution < 1.29 is 8.78 Å². The van der Waals surface area contributed by atoms with Gasteiger partial charge in [-0.05, 0) is 6.42 Å². The maximum atomic E-state index is 11.2. The molecule has 0 aliphatic heterocycles. The van der Waals surface area contributed by atoms with Crippen molar-refractivity contribution in [1.29, 1.82) is 0 Å². The van der Waals surface area contributed by atoms with E-state index in [2.05, 4.69) is 12.6 Å². The van der Waals surface area contributed by atoms with Gasteiger partial charge in [0.25, 0.3) is 0 Å². The molecule has 0 aromatic carbocycles. The molecule has 0 bridgehead atoms. The monoisotopic (exact) mass is 125 g/mol. The minimum atomic E-state index is -2.16. The summed E-state index contributed by atoms with van der Waals surface area (Å²) in [6.07, 6.45) is -1.74. The molecule has 0 aromatic rings. The first kappa shape index (κ1) is 7.21. The summed E-state index contributed by atoms with van der Waals surface area (Å²) in [4.78, 5) is 0. The number of hydrogen-bond donors (Lipinski definition) is 0. The molecule has 0 nitrogen and oxygen atoms in total. The van der Waals surface area contributed by atoms with E-state index in [-0.39, 0.29) is 6.42 Å². The Morgan fingerprint density at radius 2 is 2.00 bits per heavy atom. The van der Waals surface area contributed by atoms with Crippen LogP contribution in [0.2, 0.25) is 0 Å². The molecule has 1 radical (unpaired) electrons. The lowest BCUT2D eigenvalue weighted by Crippen LogP contribution is -1.88. The third kappa shape index (κ3) is 6.21. The van der Waals surface area contributed by atoms with E-state index in [0.29, 0.717) is 12.2 Å². The van der Waals surface area contributed by atoms with Crippen LogP contribution in [0.3, 0.4) is 0 Å². The Morgan fingerprint density at radius 1 is 1.43 bits per heavy atom. The molecule has 0 saturated carbocycles. The lowest BCUT2D eigenvalue weighted by molar-refractivity contribution is 0.137. The van der Waals surface area contributed by atoms with Crippen molar-refractivity contribution in [2.45, 2.75) is 19.3 Å². The predicted molar refractivity (Wildman–Crippen MR) is 27.7 cm³/mol. The first-order valence-electron chi connectivity index (χ1n) is 2.13. The third-order valence-electron chi connectivity index (χ3n) is 0.567. The molecular formula is C4H7F2S. The van der Waals surface area contributed by atoms with Crippen molar-refractivity contribution in [2.24, 2.45) is 0 Å². The Labute approximate surface area is 47.3 Å². The molecule has 0 fully saturated rings. The van der Waals surface area contributed by atoms with Gasteiger partial charge in [-0.1, -0.05) is 12.6 Å². The van der Waals surface area contributed by atoms with Gasteiger partial charge in [-0.15, -0.1) is 0 Å². The van der Waals surface area contributed by atoms with Gasteiger partial charge in [0.1, 0.15) is 0 Å². The summed E-state index contributed by atoms with van der Waals surface area (Å²) in [6, 6.07) is 0. The van der Waals surface area contributed by atoms with Gasteiger partial charge in [-0.25, -0.2) is 8.78 Å². The van der Waals surface area contributed by atoms with Crippen LogP contribution >= 0.6 is 12.6 Å². The van der Waals surface area contributed by atoms with Gasteiger partial charge in [0.05, 0.1) is 0 Å². The second kappa shape index (κ2) is 4.37. The van der Waals surface area contributed by atoms with Crippen LogP contribution < -0.4 is 0 Å². The minimum absolute atomic E-state index is 0.0382. The van der Waals surface area contributed by atoms with Crippen LogP contribution in [-0.4, -0.2) is 12.2 Å². The SMILES string of the molecule is FC(F)CCC[S]. The highest BCUT2D eigenvalue weighted by molar-refractivity contribution is 7.80. The van der Waals surface area contributed by atoms with E-state index in [1.807, 2.05) is 0 Å². The number of alkyl halides is 2. The average molecular weight is 125 g/mol. The Morgan fingerprint density at radius 3 is 2.14 bits per heavy atom. The van der Waals surface area contributed by atoms with Crippen molar-refractivity contribution >= 4 is 12.6 Å². The maximum Gasteiger partial charge on any atom is 0.238 e. The molecule has 0 heterocycles. The van der Waals surface area contributed by atoms with Crippen molar-refractivity contribution in [3.05, 3.63) is 0 Å². The van der Waals surface area contributed by atoms with Gasteiger partial charge in [0.15, 0.2) is 0 Å². The molecule has 0 aromatic heterocycles. The quantitative estimate of drug-likeness (QED) is 0.542. The van der Waals surface area contributed by atoms with Crippen molar-refractivity contribution in [3.8, 4) is 0 Å². The summed E-state index contributed by atoms with van der Waals surface area (Å²) in [5.74, 6) is 0.449. The van der Waals surface area contributed by atoms with E-state index in [0.717, 1.165) is 0 Å². The van der Waals surface area contributed by atoms with Gasteiger partial charge in [-0.2, -0.15) is 0 Å². The highest BCUT2D eigenvalue weighted by atomic mass is 32.1. The highest BCUT2D eigenvalue weighted by Gasteiger charge is 1.98. The second-order valence-electron chi connectivity index (χ2n) is 1.24. The van der Waals surface area contributed by atoms with Crippen molar-refractivity contribution in [1.82, 2.24) is 0 Å². The summed E-state index contributed by atoms with van der Waals surface area (Å²) in [6.45, 7) is 0. The Hall–Kier alpha value is 0.210. The fraction of sp³-hybridized carbons (Fsp3) is 1.00. The summed E-state index contributed by atoms with van der Waals surface area (Å²) >= 11 is 4.44. The number of hydrogen-bond acceptors (Lipinski definition) is 0. The largest absolute Gasteiger partial charge is 0.238 e. The van der Waals surface area contributed by atoms with E-state index in [9.17, 15) is 8.78 Å². The average Bonchev–Trinajstić information content (AvgIpc) is 1.61. The summed E-state index contributed by atoms with van der Waals surface area (Å²) in [5.41, 5.74) is 0. The van der Waals surface area contributed by atoms with E-state index >= 15 is 0 Å². The van der Waals surface area contributed by atoms with Gasteiger partial charge in [-0.3, -0.25) is 0 Å². The van der Waals surface area contributed by atoms with Crippen LogP contribution in [-0.2, 0) is 0 Å². The smallest absolute Gasteiger partial charge is 0.211 e. The Bertz CT molecular complexity index is 38.7. The fourth-order valence-corrected chi connectivity index (χ4v) is 0.404. The lowest BCUT2D eigenvalue weighted by atomic mass is 10.4. The predicted octanol–water partition coefficient (Wildman–Crippen LogP) is 2.23. The topological polar surface area (TPSA) is 0 Å². The summed E-state index contributed by atoms with van der Waals surface area (Å²) in [7, 11) is 0. The van der Waals surface area contributed by atoms with E-state index in [4.69, 9.17) is 0 Å². The molecule has 43 valence electrons. The first-order chi connectivity index (χ1) is 3.27. The molecule has 0 amide bonds. The highest BCUT2D eigenvalue weighted by Crippen LogP contribution is 2.02. The van der Waals surface area contributed by atoms with E-state index in [1.165, 1.54) is 0 Å². The normalized spacial score (nSPS) is 10.3. The number of rotatable bonds is 3. The van der Waals surface area contributed by atoms with E-state index < -0.39 is 6.43 Å². The zero-order valence-corrected chi connectivity index (χ0v) is 4.68. The summed E-state index contributed by atoms with van der Waals surface area (Å²) < 4.78 is 22.4. The van der Waals surface area contributed by atoms with Crippen LogP contribution in [0.15, 0.2) is 0 Å². The maximum absolute atomic E-state index is 11.2. The van der Waals surface area contributed by atoms with Crippen molar-refractivity contribution in [2.75, 3.05) is 5.75 Å². The van der Waals surface area contributed by atoms with E-state index in [1.54, 1.807) is 0 Å². The van der Waals surface area contributed by atoms with Gasteiger partial charge in [0.2, 0.25) is 6.43 Å². The lowest BCUT2D eigenvalue weighted by Gasteiger charge is -1.91. The zero-order valence-electron chi connectivity index (χ0n) is 3.86. The van der Waals surface area contributed by atoms with Crippen LogP contribution in [0, 0.1) is 0 Å². The molecule has 3 heteroatoms. The van der Waals surface area contributed by atoms with Crippen LogP contribution in [0.1, 0.15) is 12.8 Å². The van der Waals surface area contributed by atoms with Gasteiger partial charge < -0.3 is 0 Å². The second-order valence-corrected chi connectivity index (χ2v) is 1.65. The molecule has 0 rings (SSSR count). The molecule has 0 atom stereocenters. The molecule has 0 saturated heterocycles. The number of halogens is 2. The van der Waals surface area contributed by atoms with Gasteiger partial charge >= 0.3 is 0 Å². The van der Waals surface area contributed by atoms with Crippen LogP contribution in [0.5, 0.6) is 0 Å².